The van der Waals surface area contributed by atoms with Crippen LogP contribution >= 0.6 is 0 Å². The predicted molar refractivity (Wildman–Crippen MR) is 88.2 cm³/mol. The summed E-state index contributed by atoms with van der Waals surface area (Å²) >= 11 is 0. The Morgan fingerprint density at radius 2 is 2.09 bits per heavy atom. The lowest BCUT2D eigenvalue weighted by Gasteiger charge is -2.51. The van der Waals surface area contributed by atoms with Crippen molar-refractivity contribution in [1.82, 2.24) is 0 Å². The van der Waals surface area contributed by atoms with Gasteiger partial charge in [0, 0.05) is 0 Å². The highest BCUT2D eigenvalue weighted by Crippen LogP contribution is 2.62. The Kier molecular flexibility index (Phi) is 3.30. The molecule has 0 bridgehead atoms. The quantitative estimate of drug-likeness (QED) is 0.844. The molecule has 4 unspecified atom stereocenters. The molecule has 0 heterocycles. The molecule has 6 atom stereocenters. The monoisotopic (exact) mass is 300 g/mol. The summed E-state index contributed by atoms with van der Waals surface area (Å²) in [6.07, 6.45) is 5.77. The fraction of sp³-hybridized carbons (Fsp3) is 0.700. The number of benzene rings is 1. The van der Waals surface area contributed by atoms with Gasteiger partial charge in [0.1, 0.15) is 5.75 Å². The Bertz CT molecular complexity index is 581. The minimum absolute atomic E-state index is 0.0919. The van der Waals surface area contributed by atoms with Crippen LogP contribution < -0.4 is 4.74 Å². The van der Waals surface area contributed by atoms with Crippen LogP contribution in [0.25, 0.3) is 0 Å². The molecule has 3 aliphatic carbocycles. The molecule has 2 nitrogen and oxygen atoms in total. The van der Waals surface area contributed by atoms with Crippen LogP contribution in [0.3, 0.4) is 0 Å². The van der Waals surface area contributed by atoms with Gasteiger partial charge >= 0.3 is 0 Å². The molecule has 120 valence electrons. The summed E-state index contributed by atoms with van der Waals surface area (Å²) in [6, 6.07) is 6.68. The number of rotatable bonds is 1. The summed E-state index contributed by atoms with van der Waals surface area (Å²) in [6.45, 7) is 4.72. The van der Waals surface area contributed by atoms with Crippen molar-refractivity contribution >= 4 is 0 Å². The van der Waals surface area contributed by atoms with Gasteiger partial charge in [-0.3, -0.25) is 0 Å². The number of aryl methyl sites for hydroxylation is 1. The summed E-state index contributed by atoms with van der Waals surface area (Å²) in [4.78, 5) is 0. The molecule has 0 aliphatic heterocycles. The topological polar surface area (TPSA) is 29.5 Å². The van der Waals surface area contributed by atoms with Gasteiger partial charge in [0.05, 0.1) is 13.2 Å². The molecular weight excluding hydrogens is 272 g/mol. The zero-order valence-corrected chi connectivity index (χ0v) is 14.0. The molecule has 2 fully saturated rings. The van der Waals surface area contributed by atoms with Crippen LogP contribution in [-0.4, -0.2) is 18.3 Å². The summed E-state index contributed by atoms with van der Waals surface area (Å²) in [7, 11) is 1.75. The van der Waals surface area contributed by atoms with Crippen molar-refractivity contribution < 1.29 is 9.84 Å². The number of hydrogen-bond donors (Lipinski definition) is 1. The Morgan fingerprint density at radius 3 is 2.86 bits per heavy atom. The maximum atomic E-state index is 10.6. The second kappa shape index (κ2) is 4.99. The summed E-state index contributed by atoms with van der Waals surface area (Å²) in [5, 5.41) is 10.6. The van der Waals surface area contributed by atoms with Gasteiger partial charge < -0.3 is 9.84 Å². The third-order valence-electron chi connectivity index (χ3n) is 7.20. The molecule has 3 aliphatic rings. The van der Waals surface area contributed by atoms with Crippen LogP contribution in [0.5, 0.6) is 5.75 Å². The van der Waals surface area contributed by atoms with Crippen LogP contribution in [0.1, 0.15) is 56.6 Å². The molecule has 2 heteroatoms. The first-order valence-corrected chi connectivity index (χ1v) is 8.89. The molecule has 0 saturated heterocycles. The van der Waals surface area contributed by atoms with Crippen molar-refractivity contribution in [2.75, 3.05) is 7.11 Å². The lowest BCUT2D eigenvalue weighted by Crippen LogP contribution is -2.45. The standard InChI is InChI=1S/C20H28O2/c1-12-10-18(21)20(2)9-8-16-15-7-5-14(22-3)11-13(15)4-6-17(16)19(12)20/h5,7,11-12,16-19,21H,4,6,8-10H2,1-3H3/t12-,16?,17?,18+,19?,20?/m0/s1. The largest absolute Gasteiger partial charge is 0.497 e. The lowest BCUT2D eigenvalue weighted by molar-refractivity contribution is -0.0286. The molecule has 4 rings (SSSR count). The van der Waals surface area contributed by atoms with E-state index < -0.39 is 0 Å². The number of fused-ring (bicyclic) bond motifs is 5. The number of hydrogen-bond acceptors (Lipinski definition) is 2. The fourth-order valence-electron chi connectivity index (χ4n) is 6.19. The van der Waals surface area contributed by atoms with E-state index in [9.17, 15) is 5.11 Å². The highest BCUT2D eigenvalue weighted by molar-refractivity contribution is 5.40. The van der Waals surface area contributed by atoms with Crippen LogP contribution in [0.2, 0.25) is 0 Å². The number of aliphatic hydroxyl groups excluding tert-OH is 1. The van der Waals surface area contributed by atoms with E-state index in [2.05, 4.69) is 32.0 Å². The molecule has 1 N–H and O–H groups in total. The van der Waals surface area contributed by atoms with E-state index in [4.69, 9.17) is 4.74 Å². The van der Waals surface area contributed by atoms with Crippen LogP contribution in [0.4, 0.5) is 0 Å². The van der Waals surface area contributed by atoms with Crippen LogP contribution in [-0.2, 0) is 6.42 Å². The summed E-state index contributed by atoms with van der Waals surface area (Å²) in [5.74, 6) is 3.79. The molecule has 1 aromatic rings. The van der Waals surface area contributed by atoms with E-state index >= 15 is 0 Å². The Morgan fingerprint density at radius 1 is 1.27 bits per heavy atom. The minimum Gasteiger partial charge on any atom is -0.497 e. The maximum absolute atomic E-state index is 10.6. The molecule has 1 aromatic carbocycles. The average Bonchev–Trinajstić information content (AvgIpc) is 2.76. The van der Waals surface area contributed by atoms with Gasteiger partial charge in [-0.1, -0.05) is 19.9 Å². The van der Waals surface area contributed by atoms with Gasteiger partial charge in [0.15, 0.2) is 0 Å². The second-order valence-electron chi connectivity index (χ2n) is 8.17. The smallest absolute Gasteiger partial charge is 0.119 e. The third-order valence-corrected chi connectivity index (χ3v) is 7.20. The maximum Gasteiger partial charge on any atom is 0.119 e. The number of aliphatic hydroxyl groups is 1. The van der Waals surface area contributed by atoms with Gasteiger partial charge in [-0.25, -0.2) is 0 Å². The van der Waals surface area contributed by atoms with Gasteiger partial charge in [-0.15, -0.1) is 0 Å². The van der Waals surface area contributed by atoms with E-state index in [1.807, 2.05) is 0 Å². The molecule has 0 radical (unpaired) electrons. The molecule has 0 spiro atoms. The average molecular weight is 300 g/mol. The van der Waals surface area contributed by atoms with E-state index in [0.29, 0.717) is 17.8 Å². The minimum atomic E-state index is -0.0919. The second-order valence-corrected chi connectivity index (χ2v) is 8.17. The third kappa shape index (κ3) is 1.89. The van der Waals surface area contributed by atoms with Crippen LogP contribution in [0.15, 0.2) is 18.2 Å². The van der Waals surface area contributed by atoms with E-state index in [0.717, 1.165) is 18.1 Å². The zero-order chi connectivity index (χ0) is 15.5. The Balaban J connectivity index is 1.71. The fourth-order valence-corrected chi connectivity index (χ4v) is 6.19. The van der Waals surface area contributed by atoms with Gasteiger partial charge in [0.2, 0.25) is 0 Å². The number of methoxy groups -OCH3 is 1. The summed E-state index contributed by atoms with van der Waals surface area (Å²) < 4.78 is 5.40. The lowest BCUT2D eigenvalue weighted by atomic mass is 9.54. The highest BCUT2D eigenvalue weighted by atomic mass is 16.5. The van der Waals surface area contributed by atoms with Crippen LogP contribution in [0, 0.1) is 23.2 Å². The van der Waals surface area contributed by atoms with Crippen molar-refractivity contribution in [2.45, 2.75) is 58.0 Å². The molecule has 22 heavy (non-hydrogen) atoms. The number of ether oxygens (including phenoxy) is 1. The van der Waals surface area contributed by atoms with E-state index in [1.54, 1.807) is 12.7 Å². The van der Waals surface area contributed by atoms with Crippen molar-refractivity contribution in [1.29, 1.82) is 0 Å². The summed E-state index contributed by atoms with van der Waals surface area (Å²) in [5.41, 5.74) is 3.22. The van der Waals surface area contributed by atoms with Gasteiger partial charge in [0.25, 0.3) is 0 Å². The molecule has 0 amide bonds. The van der Waals surface area contributed by atoms with Crippen molar-refractivity contribution in [2.24, 2.45) is 23.2 Å². The first-order chi connectivity index (χ1) is 10.5. The Labute approximate surface area is 133 Å². The zero-order valence-electron chi connectivity index (χ0n) is 14.0. The molecule has 2 saturated carbocycles. The molecular formula is C20H28O2. The van der Waals surface area contributed by atoms with Crippen molar-refractivity contribution in [3.8, 4) is 5.75 Å². The van der Waals surface area contributed by atoms with Crippen molar-refractivity contribution in [3.05, 3.63) is 29.3 Å². The molecule has 0 aromatic heterocycles. The first kappa shape index (κ1) is 14.6. The first-order valence-electron chi connectivity index (χ1n) is 8.89. The van der Waals surface area contributed by atoms with Gasteiger partial charge in [-0.2, -0.15) is 0 Å². The van der Waals surface area contributed by atoms with Crippen molar-refractivity contribution in [3.63, 3.8) is 0 Å². The predicted octanol–water partition coefficient (Wildman–Crippen LogP) is 4.16. The van der Waals surface area contributed by atoms with E-state index in [1.165, 1.54) is 31.2 Å². The van der Waals surface area contributed by atoms with E-state index in [-0.39, 0.29) is 11.5 Å². The Hall–Kier alpha value is -1.02. The van der Waals surface area contributed by atoms with Gasteiger partial charge in [-0.05, 0) is 84.5 Å². The normalized spacial score (nSPS) is 43.2. The SMILES string of the molecule is COc1ccc2c(c1)CCC1C2CCC2(C)C1[C@@H](C)C[C@H]2O. The highest BCUT2D eigenvalue weighted by Gasteiger charge is 2.57.